The zero-order valence-electron chi connectivity index (χ0n) is 22.9. The number of rotatable bonds is 8. The quantitative estimate of drug-likeness (QED) is 0.106. The summed E-state index contributed by atoms with van der Waals surface area (Å²) in [6, 6.07) is 7.46. The first kappa shape index (κ1) is 33.5. The zero-order valence-corrected chi connectivity index (χ0v) is 23.6. The van der Waals surface area contributed by atoms with Crippen molar-refractivity contribution in [3.63, 3.8) is 0 Å². The summed E-state index contributed by atoms with van der Waals surface area (Å²) in [5, 5.41) is -1.14. The Bertz CT molecular complexity index is 1700. The molecule has 0 unspecified atom stereocenters. The predicted molar refractivity (Wildman–Crippen MR) is 145 cm³/mol. The third-order valence-corrected chi connectivity index (χ3v) is 6.50. The number of ether oxygens (including phenoxy) is 2. The Morgan fingerprint density at radius 2 is 1.31 bits per heavy atom. The molecule has 0 saturated heterocycles. The molecule has 0 N–H and O–H groups in total. The lowest BCUT2D eigenvalue weighted by Gasteiger charge is -2.19. The lowest BCUT2D eigenvalue weighted by atomic mass is 10.00. The van der Waals surface area contributed by atoms with Crippen LogP contribution in [-0.2, 0) is 12.3 Å². The molecule has 2 nitrogen and oxygen atoms in total. The molecule has 4 aromatic rings. The van der Waals surface area contributed by atoms with Gasteiger partial charge in [0.15, 0.2) is 0 Å². The number of alkyl halides is 5. The molecule has 0 aliphatic carbocycles. The van der Waals surface area contributed by atoms with Crippen LogP contribution < -0.4 is 9.47 Å². The summed E-state index contributed by atoms with van der Waals surface area (Å²) in [5.41, 5.74) is -5.44. The Morgan fingerprint density at radius 1 is 0.711 bits per heavy atom. The smallest absolute Gasteiger partial charge is 0.426 e. The van der Waals surface area contributed by atoms with Crippen molar-refractivity contribution in [2.75, 3.05) is 6.61 Å². The Balaban J connectivity index is 1.55. The number of benzene rings is 4. The molecule has 45 heavy (non-hydrogen) atoms. The van der Waals surface area contributed by atoms with E-state index in [1.165, 1.54) is 12.1 Å². The second-order valence-electron chi connectivity index (χ2n) is 9.48. The maximum absolute atomic E-state index is 14.8. The molecule has 0 heterocycles. The van der Waals surface area contributed by atoms with Gasteiger partial charge < -0.3 is 9.47 Å². The number of hydrogen-bond donors (Lipinski definition) is 0. The van der Waals surface area contributed by atoms with Gasteiger partial charge in [0.25, 0.3) is 0 Å². The molecule has 0 saturated carbocycles. The summed E-state index contributed by atoms with van der Waals surface area (Å²) >= 11 is 5.50. The lowest BCUT2D eigenvalue weighted by molar-refractivity contribution is -0.185. The van der Waals surface area contributed by atoms with Crippen LogP contribution in [0.3, 0.4) is 0 Å². The molecule has 0 aliphatic rings. The van der Waals surface area contributed by atoms with E-state index in [1.807, 2.05) is 12.8 Å². The van der Waals surface area contributed by atoms with Crippen LogP contribution in [0.5, 0.6) is 11.5 Å². The minimum atomic E-state index is -5.17. The third kappa shape index (κ3) is 7.84. The second-order valence-corrected chi connectivity index (χ2v) is 9.89. The monoisotopic (exact) mass is 660 g/mol. The number of halogens is 11. The normalized spacial score (nSPS) is 11.6. The van der Waals surface area contributed by atoms with Gasteiger partial charge in [-0.05, 0) is 60.5 Å². The van der Waals surface area contributed by atoms with Gasteiger partial charge in [-0.15, -0.1) is 0 Å². The van der Waals surface area contributed by atoms with Crippen molar-refractivity contribution >= 4 is 11.6 Å². The molecule has 0 aromatic heterocycles. The van der Waals surface area contributed by atoms with Crippen molar-refractivity contribution < 1.29 is 53.4 Å². The summed E-state index contributed by atoms with van der Waals surface area (Å²) in [6.07, 6.45) is -7.52. The number of unbranched alkanes of at least 4 members (excludes halogenated alkanes) is 1. The summed E-state index contributed by atoms with van der Waals surface area (Å²) in [5.74, 6) is -3.95. The van der Waals surface area contributed by atoms with Crippen molar-refractivity contribution in [2.24, 2.45) is 0 Å². The maximum Gasteiger partial charge on any atom is 0.426 e. The van der Waals surface area contributed by atoms with E-state index in [0.29, 0.717) is 42.7 Å². The van der Waals surface area contributed by atoms with Crippen molar-refractivity contribution in [3.8, 4) is 34.5 Å². The highest BCUT2D eigenvalue weighted by molar-refractivity contribution is 6.31. The summed E-state index contributed by atoms with van der Waals surface area (Å²) in [7, 11) is 0. The van der Waals surface area contributed by atoms with Gasteiger partial charge in [0, 0.05) is 17.7 Å². The molecule has 0 amide bonds. The first-order chi connectivity index (χ1) is 21.1. The first-order valence-corrected chi connectivity index (χ1v) is 13.4. The Morgan fingerprint density at radius 3 is 1.84 bits per heavy atom. The molecule has 0 fully saturated rings. The van der Waals surface area contributed by atoms with E-state index < -0.39 is 85.5 Å². The molecule has 236 valence electrons. The average Bonchev–Trinajstić information content (AvgIpc) is 2.91. The van der Waals surface area contributed by atoms with Gasteiger partial charge >= 0.3 is 12.3 Å². The van der Waals surface area contributed by atoms with E-state index in [9.17, 15) is 43.9 Å². The van der Waals surface area contributed by atoms with Crippen molar-refractivity contribution in [2.45, 2.75) is 32.1 Å². The maximum atomic E-state index is 14.8. The molecular formula is C32H19ClF10O2. The van der Waals surface area contributed by atoms with Gasteiger partial charge in [-0.2, -0.15) is 22.0 Å². The molecule has 0 radical (unpaired) electrons. The highest BCUT2D eigenvalue weighted by Gasteiger charge is 2.37. The molecule has 4 rings (SSSR count). The topological polar surface area (TPSA) is 18.5 Å². The lowest BCUT2D eigenvalue weighted by Crippen LogP contribution is -2.22. The van der Waals surface area contributed by atoms with Gasteiger partial charge in [0.05, 0.1) is 28.3 Å². The van der Waals surface area contributed by atoms with Crippen LogP contribution in [0.25, 0.3) is 11.1 Å². The van der Waals surface area contributed by atoms with E-state index >= 15 is 0 Å². The molecule has 0 aliphatic heterocycles. The zero-order chi connectivity index (χ0) is 33.1. The summed E-state index contributed by atoms with van der Waals surface area (Å²) in [4.78, 5) is 0. The standard InChI is InChI=1S/C32H19ClF10O2/c1-2-3-10-44-20-7-5-19(6-8-20)32(42,43)45-21-15-24(34)22(25(35)16-21)9-4-17-11-26(36)29(27(37)12-17)18-13-23(33)30(28(38)14-18)31(39,40)41/h5-8,11-16H,2-3,10H2,1H3. The SMILES string of the molecule is CCCCOc1ccc(C(F)(F)Oc2cc(F)c(C#Cc3cc(F)c(-c4cc(F)c(C(F)(F)F)c(Cl)c4)c(F)c3)c(F)c2)cc1. The predicted octanol–water partition coefficient (Wildman–Crippen LogP) is 10.4. The molecule has 4 aromatic carbocycles. The minimum absolute atomic E-state index is 0.248. The van der Waals surface area contributed by atoms with Crippen LogP contribution in [0.1, 0.15) is 42.0 Å². The van der Waals surface area contributed by atoms with Crippen LogP contribution in [0.4, 0.5) is 43.9 Å². The largest absolute Gasteiger partial charge is 0.494 e. The fourth-order valence-electron chi connectivity index (χ4n) is 4.06. The second kappa shape index (κ2) is 13.3. The van der Waals surface area contributed by atoms with Crippen LogP contribution in [0.15, 0.2) is 60.7 Å². The molecule has 0 spiro atoms. The van der Waals surface area contributed by atoms with Crippen molar-refractivity contribution in [1.82, 2.24) is 0 Å². The highest BCUT2D eigenvalue weighted by atomic mass is 35.5. The Labute approximate surface area is 255 Å². The molecular weight excluding hydrogens is 642 g/mol. The molecule has 13 heteroatoms. The first-order valence-electron chi connectivity index (χ1n) is 13.0. The van der Waals surface area contributed by atoms with Crippen LogP contribution in [-0.4, -0.2) is 6.61 Å². The third-order valence-electron chi connectivity index (χ3n) is 6.21. The van der Waals surface area contributed by atoms with Crippen molar-refractivity contribution in [1.29, 1.82) is 0 Å². The summed E-state index contributed by atoms with van der Waals surface area (Å²) < 4.78 is 151. The van der Waals surface area contributed by atoms with Gasteiger partial charge in [-0.25, -0.2) is 22.0 Å². The van der Waals surface area contributed by atoms with Crippen molar-refractivity contribution in [3.05, 3.63) is 117 Å². The highest BCUT2D eigenvalue weighted by Crippen LogP contribution is 2.40. The van der Waals surface area contributed by atoms with Gasteiger partial charge in [0.2, 0.25) is 0 Å². The van der Waals surface area contributed by atoms with Gasteiger partial charge in [-0.3, -0.25) is 0 Å². The minimum Gasteiger partial charge on any atom is -0.494 e. The molecule has 0 bridgehead atoms. The molecule has 0 atom stereocenters. The van der Waals surface area contributed by atoms with E-state index in [0.717, 1.165) is 25.0 Å². The number of hydrogen-bond acceptors (Lipinski definition) is 2. The average molecular weight is 661 g/mol. The van der Waals surface area contributed by atoms with Crippen LogP contribution >= 0.6 is 11.6 Å². The van der Waals surface area contributed by atoms with E-state index in [1.54, 1.807) is 0 Å². The Hall–Kier alpha value is -4.37. The summed E-state index contributed by atoms with van der Waals surface area (Å²) in [6.45, 7) is 2.35. The van der Waals surface area contributed by atoms with E-state index in [4.69, 9.17) is 16.3 Å². The van der Waals surface area contributed by atoms with Gasteiger partial charge in [0.1, 0.15) is 46.1 Å². The van der Waals surface area contributed by atoms with E-state index in [2.05, 4.69) is 10.7 Å². The Kier molecular flexibility index (Phi) is 9.92. The van der Waals surface area contributed by atoms with E-state index in [-0.39, 0.29) is 6.07 Å². The fourth-order valence-corrected chi connectivity index (χ4v) is 4.37. The van der Waals surface area contributed by atoms with Crippen LogP contribution in [0.2, 0.25) is 5.02 Å². The fraction of sp³-hybridized carbons (Fsp3) is 0.188. The van der Waals surface area contributed by atoms with Crippen LogP contribution in [0, 0.1) is 40.9 Å². The van der Waals surface area contributed by atoms with Gasteiger partial charge in [-0.1, -0.05) is 36.8 Å².